The van der Waals surface area contributed by atoms with E-state index in [2.05, 4.69) is 25.5 Å². The first-order valence-corrected chi connectivity index (χ1v) is 17.6. The molecule has 15 heteroatoms. The minimum atomic E-state index is -1.05. The van der Waals surface area contributed by atoms with Gasteiger partial charge in [0.1, 0.15) is 23.3 Å². The molecule has 0 spiro atoms. The Kier molecular flexibility index (Phi) is 8.78. The monoisotopic (exact) mass is 720 g/mol. The van der Waals surface area contributed by atoms with Crippen molar-refractivity contribution in [3.8, 4) is 17.2 Å². The number of carbonyl (C=O) groups excluding carboxylic acids is 3. The number of H-pyrrole nitrogens is 1. The Hall–Kier alpha value is -6.22. The smallest absolute Gasteiger partial charge is 0.349 e. The van der Waals surface area contributed by atoms with Crippen molar-refractivity contribution in [2.75, 3.05) is 24.5 Å². The second kappa shape index (κ2) is 13.7. The SMILES string of the molecule is CC1ON(CCc2cnc[nH]2)C(=O)C1NC(=O)c1c(-[n+]2cccc(CNC(=O)c3cc4cc5c6c(c4oc3=O)CCCN6CCC5)c2)ccc(O)c1O. The highest BCUT2D eigenvalue weighted by Gasteiger charge is 2.41. The van der Waals surface area contributed by atoms with Crippen molar-refractivity contribution in [2.24, 2.45) is 0 Å². The number of nitrogens with zero attached hydrogens (tertiary/aromatic N) is 4. The molecule has 2 atom stereocenters. The number of anilines is 1. The predicted molar refractivity (Wildman–Crippen MR) is 190 cm³/mol. The number of hydroxylamine groups is 2. The van der Waals surface area contributed by atoms with Crippen molar-refractivity contribution in [1.29, 1.82) is 0 Å². The van der Waals surface area contributed by atoms with Crippen molar-refractivity contribution in [3.05, 3.63) is 105 Å². The van der Waals surface area contributed by atoms with Crippen LogP contribution in [-0.4, -0.2) is 74.7 Å². The fraction of sp³-hybridized carbons (Fsp3) is 0.316. The molecule has 5 aromatic rings. The fourth-order valence-electron chi connectivity index (χ4n) is 7.54. The molecular weight excluding hydrogens is 682 g/mol. The number of nitrogens with one attached hydrogen (secondary N) is 3. The molecule has 3 aliphatic rings. The van der Waals surface area contributed by atoms with Crippen LogP contribution in [0.2, 0.25) is 0 Å². The lowest BCUT2D eigenvalue weighted by atomic mass is 9.90. The Balaban J connectivity index is 0.995. The summed E-state index contributed by atoms with van der Waals surface area (Å²) in [4.78, 5) is 68.4. The van der Waals surface area contributed by atoms with Crippen molar-refractivity contribution >= 4 is 34.4 Å². The van der Waals surface area contributed by atoms with E-state index in [1.807, 2.05) is 6.07 Å². The summed E-state index contributed by atoms with van der Waals surface area (Å²) in [6.07, 6.45) is 9.99. The predicted octanol–water partition coefficient (Wildman–Crippen LogP) is 2.34. The maximum absolute atomic E-state index is 13.7. The number of benzene rings is 2. The first-order valence-electron chi connectivity index (χ1n) is 17.6. The molecule has 272 valence electrons. The van der Waals surface area contributed by atoms with E-state index in [9.17, 15) is 29.4 Å². The number of amides is 3. The van der Waals surface area contributed by atoms with Crippen LogP contribution in [0.5, 0.6) is 11.5 Å². The van der Waals surface area contributed by atoms with Gasteiger partial charge in [0.05, 0.1) is 12.9 Å². The molecule has 0 bridgehead atoms. The molecule has 5 N–H and O–H groups in total. The zero-order chi connectivity index (χ0) is 36.8. The first-order chi connectivity index (χ1) is 25.7. The number of aryl methyl sites for hydroxylation is 2. The summed E-state index contributed by atoms with van der Waals surface area (Å²) < 4.78 is 7.35. The highest BCUT2D eigenvalue weighted by Crippen LogP contribution is 2.40. The average Bonchev–Trinajstić information content (AvgIpc) is 3.78. The highest BCUT2D eigenvalue weighted by atomic mass is 16.7. The Morgan fingerprint density at radius 1 is 1.09 bits per heavy atom. The molecule has 0 aliphatic carbocycles. The lowest BCUT2D eigenvalue weighted by Gasteiger charge is -2.37. The molecule has 2 unspecified atom stereocenters. The Morgan fingerprint density at radius 3 is 2.74 bits per heavy atom. The number of phenolic OH excluding ortho intramolecular Hbond substituents is 2. The second-order valence-electron chi connectivity index (χ2n) is 13.6. The number of aromatic nitrogens is 3. The lowest BCUT2D eigenvalue weighted by molar-refractivity contribution is -0.596. The van der Waals surface area contributed by atoms with Crippen LogP contribution in [0.3, 0.4) is 0 Å². The number of rotatable bonds is 9. The van der Waals surface area contributed by atoms with Crippen molar-refractivity contribution in [1.82, 2.24) is 25.7 Å². The van der Waals surface area contributed by atoms with E-state index >= 15 is 0 Å². The summed E-state index contributed by atoms with van der Waals surface area (Å²) in [5.74, 6) is -3.06. The van der Waals surface area contributed by atoms with Gasteiger partial charge in [0.25, 0.3) is 17.7 Å². The maximum Gasteiger partial charge on any atom is 0.349 e. The maximum atomic E-state index is 13.7. The van der Waals surface area contributed by atoms with E-state index in [1.54, 1.807) is 48.3 Å². The third-order valence-electron chi connectivity index (χ3n) is 10.1. The molecule has 0 radical (unpaired) electrons. The van der Waals surface area contributed by atoms with Gasteiger partial charge in [-0.3, -0.25) is 19.2 Å². The number of aromatic hydroxyl groups is 2. The number of phenols is 2. The minimum Gasteiger partial charge on any atom is -0.504 e. The number of pyridine rings is 1. The number of fused-ring (bicyclic) bond motifs is 2. The number of imidazole rings is 1. The van der Waals surface area contributed by atoms with Crippen LogP contribution in [0.1, 0.15) is 62.9 Å². The third kappa shape index (κ3) is 6.33. The van der Waals surface area contributed by atoms with Crippen LogP contribution in [0.4, 0.5) is 5.69 Å². The molecule has 6 heterocycles. The van der Waals surface area contributed by atoms with E-state index in [-0.39, 0.29) is 29.9 Å². The van der Waals surface area contributed by atoms with Gasteiger partial charge >= 0.3 is 5.63 Å². The second-order valence-corrected chi connectivity index (χ2v) is 13.6. The average molecular weight is 721 g/mol. The molecule has 1 fully saturated rings. The van der Waals surface area contributed by atoms with Gasteiger partial charge in [-0.1, -0.05) is 0 Å². The summed E-state index contributed by atoms with van der Waals surface area (Å²) in [7, 11) is 0. The van der Waals surface area contributed by atoms with Gasteiger partial charge in [-0.2, -0.15) is 4.57 Å². The Morgan fingerprint density at radius 2 is 1.92 bits per heavy atom. The molecule has 1 saturated heterocycles. The zero-order valence-electron chi connectivity index (χ0n) is 28.9. The molecule has 3 aliphatic heterocycles. The molecule has 3 aromatic heterocycles. The number of hydrogen-bond donors (Lipinski definition) is 5. The summed E-state index contributed by atoms with van der Waals surface area (Å²) in [6, 6.07) is 8.71. The number of hydrogen-bond acceptors (Lipinski definition) is 10. The summed E-state index contributed by atoms with van der Waals surface area (Å²) in [5, 5.41) is 28.6. The molecule has 15 nitrogen and oxygen atoms in total. The fourth-order valence-corrected chi connectivity index (χ4v) is 7.54. The zero-order valence-corrected chi connectivity index (χ0v) is 28.9. The number of aromatic amines is 1. The summed E-state index contributed by atoms with van der Waals surface area (Å²) in [6.45, 7) is 3.87. The quantitative estimate of drug-likeness (QED) is 0.0858. The third-order valence-corrected chi connectivity index (χ3v) is 10.1. The van der Waals surface area contributed by atoms with Gasteiger partial charge in [0.15, 0.2) is 29.5 Å². The largest absolute Gasteiger partial charge is 0.504 e. The Labute approximate surface area is 302 Å². The van der Waals surface area contributed by atoms with Gasteiger partial charge in [-0.25, -0.2) is 14.8 Å². The van der Waals surface area contributed by atoms with Crippen LogP contribution in [0, 0.1) is 0 Å². The normalized spacial score (nSPS) is 17.9. The van der Waals surface area contributed by atoms with Gasteiger partial charge in [0, 0.05) is 72.3 Å². The lowest BCUT2D eigenvalue weighted by Crippen LogP contribution is -2.46. The first kappa shape index (κ1) is 33.9. The van der Waals surface area contributed by atoms with E-state index < -0.39 is 47.0 Å². The van der Waals surface area contributed by atoms with E-state index in [0.29, 0.717) is 17.6 Å². The molecule has 0 saturated carbocycles. The van der Waals surface area contributed by atoms with Crippen molar-refractivity contribution in [3.63, 3.8) is 0 Å². The standard InChI is InChI=1S/C38H37N7O8/c1-21-31(37(50)45(53-21)14-10-25-18-39-20-41-25)42-36(49)30-28(8-9-29(46)33(30)47)44-13-2-5-22(19-44)17-40-35(48)27-16-24-15-23-6-3-11-43-12-4-7-26(32(23)43)34(24)52-38(27)51/h2,5,8-9,13,15-16,18-21,31H,3-4,6-7,10-12,14,17H2,1H3,(H4-,39,40,41,42,46,47,48,49)/p+1. The molecule has 8 rings (SSSR count). The van der Waals surface area contributed by atoms with Crippen LogP contribution < -0.4 is 25.7 Å². The van der Waals surface area contributed by atoms with Gasteiger partial charge in [0.2, 0.25) is 5.69 Å². The van der Waals surface area contributed by atoms with E-state index in [0.717, 1.165) is 55.4 Å². The molecular formula is C38H38N7O8+. The molecule has 2 aromatic carbocycles. The number of carbonyl (C=O) groups is 3. The molecule has 3 amide bonds. The highest BCUT2D eigenvalue weighted by molar-refractivity contribution is 6.03. The van der Waals surface area contributed by atoms with Gasteiger partial charge in [-0.15, -0.1) is 0 Å². The van der Waals surface area contributed by atoms with Crippen LogP contribution in [0.15, 0.2) is 70.5 Å². The van der Waals surface area contributed by atoms with Crippen molar-refractivity contribution in [2.45, 2.75) is 57.7 Å². The van der Waals surface area contributed by atoms with Crippen LogP contribution in [0.25, 0.3) is 16.7 Å². The van der Waals surface area contributed by atoms with Crippen molar-refractivity contribution < 1.29 is 38.4 Å². The summed E-state index contributed by atoms with van der Waals surface area (Å²) in [5.41, 5.74) is 4.49. The minimum absolute atomic E-state index is 0.0208. The Bertz CT molecular complexity index is 2320. The topological polar surface area (TPSA) is 194 Å². The van der Waals surface area contributed by atoms with Crippen LogP contribution >= 0.6 is 0 Å². The summed E-state index contributed by atoms with van der Waals surface area (Å²) >= 11 is 0. The van der Waals surface area contributed by atoms with E-state index in [4.69, 9.17) is 9.25 Å². The van der Waals surface area contributed by atoms with Gasteiger partial charge < -0.3 is 35.1 Å². The van der Waals surface area contributed by atoms with E-state index in [1.165, 1.54) is 34.8 Å². The van der Waals surface area contributed by atoms with Gasteiger partial charge in [-0.05, 0) is 62.4 Å². The molecule has 53 heavy (non-hydrogen) atoms. The van der Waals surface area contributed by atoms with Crippen LogP contribution in [-0.2, 0) is 35.4 Å².